The molecule has 1 unspecified atom stereocenters. The molecular formula is C21H20N2O. The molecule has 0 amide bonds. The molecule has 0 aliphatic rings. The lowest BCUT2D eigenvalue weighted by Crippen LogP contribution is -2.22. The van der Waals surface area contributed by atoms with E-state index < -0.39 is 0 Å². The van der Waals surface area contributed by atoms with E-state index in [1.807, 2.05) is 48.5 Å². The number of pyridine rings is 1. The summed E-state index contributed by atoms with van der Waals surface area (Å²) in [6.07, 6.45) is 3.43. The molecule has 0 radical (unpaired) electrons. The van der Waals surface area contributed by atoms with Crippen molar-refractivity contribution in [1.29, 1.82) is 0 Å². The van der Waals surface area contributed by atoms with Gasteiger partial charge in [-0.15, -0.1) is 0 Å². The minimum Gasteiger partial charge on any atom is -0.411 e. The first-order valence-corrected chi connectivity index (χ1v) is 8.03. The fourth-order valence-electron chi connectivity index (χ4n) is 3.18. The monoisotopic (exact) mass is 316 g/mol. The SMILES string of the molecule is CC(/C(=N\O)c1ccncc1)C(c1ccccc1)c1ccccc1. The molecule has 3 heteroatoms. The van der Waals surface area contributed by atoms with Crippen LogP contribution in [0.5, 0.6) is 0 Å². The van der Waals surface area contributed by atoms with Crippen molar-refractivity contribution in [2.24, 2.45) is 11.1 Å². The van der Waals surface area contributed by atoms with E-state index in [1.54, 1.807) is 12.4 Å². The van der Waals surface area contributed by atoms with Gasteiger partial charge < -0.3 is 5.21 Å². The Bertz CT molecular complexity index is 746. The predicted octanol–water partition coefficient (Wildman–Crippen LogP) is 4.73. The molecule has 0 saturated heterocycles. The van der Waals surface area contributed by atoms with Crippen molar-refractivity contribution in [2.45, 2.75) is 12.8 Å². The largest absolute Gasteiger partial charge is 0.411 e. The van der Waals surface area contributed by atoms with Gasteiger partial charge in [-0.25, -0.2) is 0 Å². The zero-order valence-electron chi connectivity index (χ0n) is 13.6. The smallest absolute Gasteiger partial charge is 0.0906 e. The van der Waals surface area contributed by atoms with Crippen LogP contribution in [0, 0.1) is 5.92 Å². The Morgan fingerprint density at radius 3 is 1.79 bits per heavy atom. The van der Waals surface area contributed by atoms with Crippen LogP contribution in [0.25, 0.3) is 0 Å². The predicted molar refractivity (Wildman–Crippen MR) is 96.5 cm³/mol. The van der Waals surface area contributed by atoms with Crippen molar-refractivity contribution in [3.05, 3.63) is 102 Å². The maximum Gasteiger partial charge on any atom is 0.0906 e. The fraction of sp³-hybridized carbons (Fsp3) is 0.143. The normalized spacial score (nSPS) is 13.0. The minimum absolute atomic E-state index is 0.00204. The molecule has 0 spiro atoms. The Morgan fingerprint density at radius 1 is 0.833 bits per heavy atom. The van der Waals surface area contributed by atoms with Crippen molar-refractivity contribution < 1.29 is 5.21 Å². The summed E-state index contributed by atoms with van der Waals surface area (Å²) in [4.78, 5) is 4.05. The summed E-state index contributed by atoms with van der Waals surface area (Å²) in [5, 5.41) is 13.3. The Labute approximate surface area is 142 Å². The van der Waals surface area contributed by atoms with E-state index in [1.165, 1.54) is 11.1 Å². The van der Waals surface area contributed by atoms with E-state index in [2.05, 4.69) is 41.3 Å². The van der Waals surface area contributed by atoms with Crippen LogP contribution in [-0.2, 0) is 0 Å². The second kappa shape index (κ2) is 7.55. The number of benzene rings is 2. The van der Waals surface area contributed by atoms with Gasteiger partial charge in [0.15, 0.2) is 0 Å². The molecule has 1 N–H and O–H groups in total. The van der Waals surface area contributed by atoms with Crippen molar-refractivity contribution in [3.63, 3.8) is 0 Å². The summed E-state index contributed by atoms with van der Waals surface area (Å²) >= 11 is 0. The third kappa shape index (κ3) is 3.35. The first-order chi connectivity index (χ1) is 11.8. The Kier molecular flexibility index (Phi) is 5.02. The highest BCUT2D eigenvalue weighted by atomic mass is 16.4. The second-order valence-corrected chi connectivity index (χ2v) is 5.81. The average Bonchev–Trinajstić information content (AvgIpc) is 2.65. The molecule has 1 atom stereocenters. The van der Waals surface area contributed by atoms with E-state index in [0.717, 1.165) is 5.56 Å². The zero-order valence-corrected chi connectivity index (χ0v) is 13.6. The zero-order chi connectivity index (χ0) is 16.8. The van der Waals surface area contributed by atoms with E-state index in [9.17, 15) is 5.21 Å². The van der Waals surface area contributed by atoms with Gasteiger partial charge >= 0.3 is 0 Å². The summed E-state index contributed by atoms with van der Waals surface area (Å²) in [6.45, 7) is 2.10. The summed E-state index contributed by atoms with van der Waals surface area (Å²) in [5.74, 6) is 0.105. The maximum atomic E-state index is 9.66. The van der Waals surface area contributed by atoms with Gasteiger partial charge in [0.2, 0.25) is 0 Å². The minimum atomic E-state index is 0.00204. The summed E-state index contributed by atoms with van der Waals surface area (Å²) < 4.78 is 0. The van der Waals surface area contributed by atoms with E-state index in [-0.39, 0.29) is 11.8 Å². The van der Waals surface area contributed by atoms with Crippen molar-refractivity contribution >= 4 is 5.71 Å². The van der Waals surface area contributed by atoms with Crippen LogP contribution in [-0.4, -0.2) is 15.9 Å². The van der Waals surface area contributed by atoms with E-state index >= 15 is 0 Å². The van der Waals surface area contributed by atoms with Gasteiger partial charge in [-0.05, 0) is 23.3 Å². The summed E-state index contributed by atoms with van der Waals surface area (Å²) in [5.41, 5.74) is 3.95. The lowest BCUT2D eigenvalue weighted by atomic mass is 9.78. The van der Waals surface area contributed by atoms with Crippen LogP contribution >= 0.6 is 0 Å². The van der Waals surface area contributed by atoms with Crippen molar-refractivity contribution in [3.8, 4) is 0 Å². The molecular weight excluding hydrogens is 296 g/mol. The quantitative estimate of drug-likeness (QED) is 0.420. The third-order valence-corrected chi connectivity index (χ3v) is 4.33. The van der Waals surface area contributed by atoms with Gasteiger partial charge in [0.05, 0.1) is 5.71 Å². The first kappa shape index (κ1) is 15.9. The third-order valence-electron chi connectivity index (χ3n) is 4.33. The number of hydrogen-bond donors (Lipinski definition) is 1. The average molecular weight is 316 g/mol. The Balaban J connectivity index is 2.05. The second-order valence-electron chi connectivity index (χ2n) is 5.81. The van der Waals surface area contributed by atoms with Crippen LogP contribution < -0.4 is 0 Å². The highest BCUT2D eigenvalue weighted by molar-refractivity contribution is 6.02. The fourth-order valence-corrected chi connectivity index (χ4v) is 3.18. The molecule has 3 rings (SSSR count). The molecule has 120 valence electrons. The molecule has 24 heavy (non-hydrogen) atoms. The summed E-state index contributed by atoms with van der Waals surface area (Å²) in [6, 6.07) is 24.4. The van der Waals surface area contributed by atoms with Crippen LogP contribution in [0.15, 0.2) is 90.3 Å². The molecule has 1 heterocycles. The Hall–Kier alpha value is -2.94. The topological polar surface area (TPSA) is 45.5 Å². The molecule has 3 nitrogen and oxygen atoms in total. The number of hydrogen-bond acceptors (Lipinski definition) is 3. The highest BCUT2D eigenvalue weighted by Crippen LogP contribution is 2.34. The number of oxime groups is 1. The molecule has 2 aromatic carbocycles. The van der Waals surface area contributed by atoms with E-state index in [4.69, 9.17) is 0 Å². The molecule has 0 saturated carbocycles. The van der Waals surface area contributed by atoms with Gasteiger partial charge in [0.25, 0.3) is 0 Å². The summed E-state index contributed by atoms with van der Waals surface area (Å²) in [7, 11) is 0. The molecule has 0 aliphatic heterocycles. The van der Waals surface area contributed by atoms with Crippen LogP contribution in [0.4, 0.5) is 0 Å². The number of aromatic nitrogens is 1. The standard InChI is InChI=1S/C21H20N2O/c1-16(21(23-24)19-12-14-22-15-13-19)20(17-8-4-2-5-9-17)18-10-6-3-7-11-18/h2-16,20,24H,1H3/b23-21+. The van der Waals surface area contributed by atoms with Crippen LogP contribution in [0.1, 0.15) is 29.5 Å². The molecule has 0 aliphatic carbocycles. The van der Waals surface area contributed by atoms with Gasteiger partial charge in [0.1, 0.15) is 0 Å². The van der Waals surface area contributed by atoms with Crippen molar-refractivity contribution in [1.82, 2.24) is 4.98 Å². The highest BCUT2D eigenvalue weighted by Gasteiger charge is 2.26. The van der Waals surface area contributed by atoms with Crippen LogP contribution in [0.2, 0.25) is 0 Å². The number of rotatable bonds is 5. The lowest BCUT2D eigenvalue weighted by molar-refractivity contribution is 0.315. The van der Waals surface area contributed by atoms with Crippen LogP contribution in [0.3, 0.4) is 0 Å². The maximum absolute atomic E-state index is 9.66. The van der Waals surface area contributed by atoms with Gasteiger partial charge in [-0.3, -0.25) is 4.98 Å². The van der Waals surface area contributed by atoms with E-state index in [0.29, 0.717) is 5.71 Å². The molecule has 0 bridgehead atoms. The number of nitrogens with zero attached hydrogens (tertiary/aromatic N) is 2. The lowest BCUT2D eigenvalue weighted by Gasteiger charge is -2.26. The van der Waals surface area contributed by atoms with Crippen molar-refractivity contribution in [2.75, 3.05) is 0 Å². The molecule has 0 fully saturated rings. The first-order valence-electron chi connectivity index (χ1n) is 8.03. The molecule has 3 aromatic rings. The van der Waals surface area contributed by atoms with Gasteiger partial charge in [0, 0.05) is 29.8 Å². The van der Waals surface area contributed by atoms with Gasteiger partial charge in [-0.2, -0.15) is 0 Å². The van der Waals surface area contributed by atoms with Gasteiger partial charge in [-0.1, -0.05) is 72.7 Å². The Morgan fingerprint density at radius 2 is 1.33 bits per heavy atom. The molecule has 1 aromatic heterocycles.